The van der Waals surface area contributed by atoms with Gasteiger partial charge in [0.15, 0.2) is 8.07 Å². The van der Waals surface area contributed by atoms with Crippen LogP contribution in [0, 0.1) is 13.2 Å². The molecule has 5 nitrogen and oxygen atoms in total. The minimum absolute atomic E-state index is 0.0895. The van der Waals surface area contributed by atoms with Gasteiger partial charge in [0.1, 0.15) is 17.3 Å². The Morgan fingerprint density at radius 2 is 1.12 bits per heavy atom. The minimum Gasteiger partial charge on any atom is -0.458 e. The molecule has 0 saturated carbocycles. The van der Waals surface area contributed by atoms with Crippen LogP contribution in [0.4, 0.5) is 0 Å². The Kier molecular flexibility index (Phi) is 6.53. The average molecular weight is 1040 g/mol. The molecule has 0 saturated heterocycles. The maximum absolute atomic E-state index is 10.0. The smallest absolute Gasteiger partial charge is 0.269 e. The number of fused-ring (bicyclic) bond motifs is 4. The highest BCUT2D eigenvalue weighted by atomic mass is 28.3. The number of hydrogen-bond donors (Lipinski definition) is 0. The lowest BCUT2D eigenvalue weighted by Crippen LogP contribution is -2.76. The van der Waals surface area contributed by atoms with Crippen molar-refractivity contribution < 1.29 is 47.7 Å². The summed E-state index contributed by atoms with van der Waals surface area (Å²) < 4.78 is 269. The van der Waals surface area contributed by atoms with Crippen molar-refractivity contribution in [3.8, 4) is 50.9 Å². The lowest BCUT2D eigenvalue weighted by atomic mass is 9.85. The van der Waals surface area contributed by atoms with Gasteiger partial charge in [-0.05, 0) is 103 Å². The van der Waals surface area contributed by atoms with Gasteiger partial charge in [-0.2, -0.15) is 0 Å². The molecule has 10 aromatic carbocycles. The van der Waals surface area contributed by atoms with Crippen molar-refractivity contribution in [1.29, 1.82) is 0 Å². The zero-order valence-corrected chi connectivity index (χ0v) is 42.2. The van der Waals surface area contributed by atoms with Crippen LogP contribution in [-0.2, 0) is 5.41 Å². The lowest BCUT2D eigenvalue weighted by Gasteiger charge is -2.38. The van der Waals surface area contributed by atoms with E-state index < -0.39 is 198 Å². The fraction of sp³-hybridized carbons (Fsp3) is 0.0704. The van der Waals surface area contributed by atoms with E-state index in [0.29, 0.717) is 16.4 Å². The molecule has 6 heteroatoms. The molecule has 0 aliphatic rings. The van der Waals surface area contributed by atoms with Gasteiger partial charge in [0.25, 0.3) is 6.33 Å². The van der Waals surface area contributed by atoms with Gasteiger partial charge in [-0.15, -0.1) is 0 Å². The Morgan fingerprint density at radius 3 is 1.75 bits per heavy atom. The molecule has 0 aliphatic heterocycles. The molecular weight excluding hydrogens is 953 g/mol. The number of nitrogens with zero attached hydrogens (tertiary/aromatic N) is 4. The molecule has 0 amide bonds. The van der Waals surface area contributed by atoms with Crippen LogP contribution in [0.25, 0.3) is 72.3 Å². The molecule has 0 unspecified atom stereocenters. The van der Waals surface area contributed by atoms with Crippen LogP contribution in [0.15, 0.2) is 266 Å². The summed E-state index contributed by atoms with van der Waals surface area (Å²) >= 11 is 0. The highest BCUT2D eigenvalue weighted by molar-refractivity contribution is 7.20. The molecule has 0 bridgehead atoms. The molecule has 0 spiro atoms. The van der Waals surface area contributed by atoms with Gasteiger partial charge < -0.3 is 4.74 Å². The lowest BCUT2D eigenvalue weighted by molar-refractivity contribution is -0.570. The van der Waals surface area contributed by atoms with E-state index in [4.69, 9.17) is 28.9 Å². The van der Waals surface area contributed by atoms with Crippen LogP contribution in [0.3, 0.4) is 0 Å². The first-order valence-corrected chi connectivity index (χ1v) is 26.1. The van der Waals surface area contributed by atoms with E-state index in [1.165, 1.54) is 33.5 Å². The normalized spacial score (nSPS) is 17.2. The fourth-order valence-corrected chi connectivity index (χ4v) is 13.9. The average Bonchev–Trinajstić information content (AvgIpc) is 1.18. The third-order valence-electron chi connectivity index (χ3n) is 13.4. The third-order valence-corrected chi connectivity index (χ3v) is 17.6. The summed E-state index contributed by atoms with van der Waals surface area (Å²) in [5.41, 5.74) is -1.32. The first-order chi connectivity index (χ1) is 49.3. The molecule has 0 atom stereocenters. The summed E-state index contributed by atoms with van der Waals surface area (Å²) in [5.74, 6) is 0.503. The van der Waals surface area contributed by atoms with Crippen molar-refractivity contribution >= 4 is 61.7 Å². The predicted octanol–water partition coefficient (Wildman–Crippen LogP) is 14.3. The van der Waals surface area contributed by atoms with Crippen molar-refractivity contribution in [3.63, 3.8) is 0 Å². The molecule has 0 aliphatic carbocycles. The molecule has 0 fully saturated rings. The number of ether oxygens (including phenoxy) is 1. The second kappa shape index (κ2) is 19.4. The quantitative estimate of drug-likeness (QED) is 0.0560. The largest absolute Gasteiger partial charge is 0.458 e. The standard InChI is InChI=1S/C71H56N4OSi/c1-50-43-69(72-48-63(50)52-27-12-6-13-28-52)75-64-38-21-20-37-60(64)61-42-41-56(47-67(61)75)76-55-30-24-29-54(46-55)73-49-74(66-40-23-22-39-65(66)73)70-62(51-25-10-5-11-26-51)44-53(71(2,3)4)45-68(70)77(57-31-14-7-15-32-57,58-33-16-8-17-34-58)59-35-18-9-19-36-59/h5-48H,1-4H3/i1D3,5D,6D,7D,8D,9D,10D,11D,12D,13D,14D,15D,16D,17D,18D,19D,25D,26D,27D,28D,31D,32D,33D,34D,35D,36D. The predicted molar refractivity (Wildman–Crippen MR) is 320 cm³/mol. The van der Waals surface area contributed by atoms with Gasteiger partial charge in [0.2, 0.25) is 0 Å². The van der Waals surface area contributed by atoms with Gasteiger partial charge in [-0.1, -0.05) is 232 Å². The van der Waals surface area contributed by atoms with Gasteiger partial charge in [0.05, 0.1) is 67.7 Å². The SMILES string of the molecule is [2H]c1c([2H])c([2H])c(-c2cnc(-n3c4ccccc4c4ccc(Oc5cccc(-n6[c-][n+](-c7c(-c8c([2H])c([2H])c([2H])c([2H])c8[2H])cc(C(C)(C)C)cc7[Si](c7c([2H])c([2H])c([2H])c([2H])c7[2H])(c7c([2H])c([2H])c([2H])c([2H])c7[2H])c7c([2H])c([2H])c([2H])c([2H])c7[2H])c7ccccc76)c5)cc43)cc2C([2H])([2H])[2H])c([2H])c1[2H]. The highest BCUT2D eigenvalue weighted by Crippen LogP contribution is 2.37. The van der Waals surface area contributed by atoms with Crippen molar-refractivity contribution in [1.82, 2.24) is 14.1 Å². The summed E-state index contributed by atoms with van der Waals surface area (Å²) in [6.45, 7) is 2.24. The molecule has 77 heavy (non-hydrogen) atoms. The van der Waals surface area contributed by atoms with Crippen LogP contribution in [0.5, 0.6) is 11.5 Å². The zero-order valence-electron chi connectivity index (χ0n) is 69.2. The Balaban J connectivity index is 1.12. The number of aromatic nitrogens is 4. The number of imidazole rings is 1. The number of hydrogen-bond acceptors (Lipinski definition) is 2. The van der Waals surface area contributed by atoms with E-state index in [2.05, 4.69) is 6.33 Å². The van der Waals surface area contributed by atoms with E-state index in [1.54, 1.807) is 104 Å². The summed E-state index contributed by atoms with van der Waals surface area (Å²) in [7, 11) is -6.18. The first-order valence-electron chi connectivity index (χ1n) is 38.1. The van der Waals surface area contributed by atoms with Gasteiger partial charge in [-0.25, -0.2) is 4.98 Å². The number of aryl methyl sites for hydroxylation is 1. The molecule has 3 heterocycles. The van der Waals surface area contributed by atoms with Crippen LogP contribution in [0.2, 0.25) is 0 Å². The second-order valence-corrected chi connectivity index (χ2v) is 22.4. The maximum Gasteiger partial charge on any atom is 0.269 e. The third kappa shape index (κ3) is 8.35. The van der Waals surface area contributed by atoms with Gasteiger partial charge in [-0.3, -0.25) is 13.7 Å². The minimum atomic E-state index is -6.18. The van der Waals surface area contributed by atoms with Crippen LogP contribution < -0.4 is 30.1 Å². The van der Waals surface area contributed by atoms with E-state index in [1.807, 2.05) is 12.1 Å². The number of para-hydroxylation sites is 3. The maximum atomic E-state index is 10.0. The molecule has 0 N–H and O–H groups in total. The van der Waals surface area contributed by atoms with Crippen molar-refractivity contribution in [2.24, 2.45) is 0 Å². The summed E-state index contributed by atoms with van der Waals surface area (Å²) in [5, 5.41) is -1.57. The first kappa shape index (κ1) is 25.9. The molecule has 13 aromatic rings. The van der Waals surface area contributed by atoms with Gasteiger partial charge >= 0.3 is 0 Å². The summed E-state index contributed by atoms with van der Waals surface area (Å²) in [6.07, 6.45) is 4.54. The van der Waals surface area contributed by atoms with Crippen molar-refractivity contribution in [2.45, 2.75) is 33.0 Å². The van der Waals surface area contributed by atoms with E-state index in [9.17, 15) is 19.2 Å². The van der Waals surface area contributed by atoms with E-state index in [0.717, 1.165) is 5.39 Å². The number of benzene rings is 10. The van der Waals surface area contributed by atoms with Crippen LogP contribution in [0.1, 0.15) is 70.3 Å². The molecular formula is C71H56N4OSi. The Labute approximate surface area is 490 Å². The zero-order chi connectivity index (χ0) is 76.3. The van der Waals surface area contributed by atoms with Crippen molar-refractivity contribution in [3.05, 3.63) is 284 Å². The Hall–Kier alpha value is -9.36. The van der Waals surface area contributed by atoms with E-state index >= 15 is 0 Å². The molecule has 370 valence electrons. The molecule has 3 aromatic heterocycles. The highest BCUT2D eigenvalue weighted by Gasteiger charge is 2.44. The molecule has 13 rings (SSSR count). The summed E-state index contributed by atoms with van der Waals surface area (Å²) in [4.78, 5) is 4.69. The van der Waals surface area contributed by atoms with Crippen LogP contribution >= 0.6 is 0 Å². The number of rotatable bonds is 11. The topological polar surface area (TPSA) is 35.9 Å². The van der Waals surface area contributed by atoms with E-state index in [-0.39, 0.29) is 67.5 Å². The van der Waals surface area contributed by atoms with Gasteiger partial charge in [0, 0.05) is 32.7 Å². The van der Waals surface area contributed by atoms with Crippen molar-refractivity contribution in [2.75, 3.05) is 0 Å². The number of pyridine rings is 1. The summed E-state index contributed by atoms with van der Waals surface area (Å²) in [6, 6.07) is 6.82. The Morgan fingerprint density at radius 1 is 0.545 bits per heavy atom. The fourth-order valence-electron chi connectivity index (χ4n) is 9.91. The Bertz CT molecular complexity index is 5650. The van der Waals surface area contributed by atoms with Crippen LogP contribution in [-0.4, -0.2) is 22.2 Å². The molecule has 0 radical (unpaired) electrons. The second-order valence-electron chi connectivity index (χ2n) is 18.9. The monoisotopic (exact) mass is 1040 g/mol.